The van der Waals surface area contributed by atoms with Crippen LogP contribution in [-0.4, -0.2) is 212 Å². The van der Waals surface area contributed by atoms with Crippen LogP contribution in [0.15, 0.2) is 107 Å². The number of pyridine rings is 2. The fourth-order valence-corrected chi connectivity index (χ4v) is 15.6. The zero-order chi connectivity index (χ0) is 82.8. The maximum atomic E-state index is 15.4. The summed E-state index contributed by atoms with van der Waals surface area (Å²) in [5.74, 6) is -4.16. The lowest BCUT2D eigenvalue weighted by molar-refractivity contribution is -0.155. The summed E-state index contributed by atoms with van der Waals surface area (Å²) in [5, 5.41) is 11.0. The van der Waals surface area contributed by atoms with Crippen LogP contribution in [0.1, 0.15) is 111 Å². The molecule has 2 aromatic heterocycles. The van der Waals surface area contributed by atoms with E-state index in [1.54, 1.807) is 65.0 Å². The fourth-order valence-electron chi connectivity index (χ4n) is 12.2. The van der Waals surface area contributed by atoms with Gasteiger partial charge in [0, 0.05) is 114 Å². The number of piperazine rings is 2. The predicted octanol–water partition coefficient (Wildman–Crippen LogP) is 11.9. The van der Waals surface area contributed by atoms with Crippen LogP contribution in [-0.2, 0) is 67.4 Å². The van der Waals surface area contributed by atoms with Crippen molar-refractivity contribution in [1.29, 1.82) is 0 Å². The molecular weight excluding hydrogens is 1520 g/mol. The van der Waals surface area contributed by atoms with E-state index in [9.17, 15) is 68.6 Å². The Balaban J connectivity index is 0.000000239. The number of nitrogens with zero attached hydrogens (tertiary/aromatic N) is 6. The van der Waals surface area contributed by atoms with E-state index >= 15 is 4.39 Å². The number of halogens is 8. The fraction of sp³-hybridized carbons (Fsp3) is 0.500. The molecule has 0 aliphatic carbocycles. The Bertz CT molecular complexity index is 4430. The maximum absolute atomic E-state index is 15.4. The van der Waals surface area contributed by atoms with E-state index in [0.29, 0.717) is 100 Å². The number of benzene rings is 4. The van der Waals surface area contributed by atoms with Crippen LogP contribution in [0.25, 0.3) is 22.3 Å². The second-order valence-electron chi connectivity index (χ2n) is 29.6. The number of H-pyrrole nitrogens is 2. The van der Waals surface area contributed by atoms with Crippen LogP contribution in [0.5, 0.6) is 0 Å². The third-order valence-electron chi connectivity index (χ3n) is 18.5. The number of amides is 1. The average Bonchev–Trinajstić information content (AvgIpc) is 0.811. The van der Waals surface area contributed by atoms with Crippen molar-refractivity contribution in [2.75, 3.05) is 152 Å². The molecule has 616 valence electrons. The molecule has 0 saturated carbocycles. The zero-order valence-electron chi connectivity index (χ0n) is 64.3. The number of carboxylic acids is 1. The molecule has 0 bridgehead atoms. The van der Waals surface area contributed by atoms with Crippen molar-refractivity contribution in [2.24, 2.45) is 10.8 Å². The minimum absolute atomic E-state index is 0.0680. The molecule has 26 nitrogen and oxygen atoms in total. The van der Waals surface area contributed by atoms with Crippen LogP contribution in [0, 0.1) is 22.5 Å². The summed E-state index contributed by atoms with van der Waals surface area (Å²) < 4.78 is 157. The molecule has 112 heavy (non-hydrogen) atoms. The minimum Gasteiger partial charge on any atom is -0.478 e. The monoisotopic (exact) mass is 1620 g/mol. The Kier molecular flexibility index (Phi) is 32.1. The number of carboxylic acid groups (broad SMARTS) is 1. The smallest absolute Gasteiger partial charge is 0.417 e. The summed E-state index contributed by atoms with van der Waals surface area (Å²) in [4.78, 5) is 106. The van der Waals surface area contributed by atoms with E-state index in [1.807, 2.05) is 80.0 Å². The number of carbonyl (C=O) groups excluding carboxylic acids is 3. The zero-order valence-corrected chi connectivity index (χ0v) is 66.1. The molecule has 1 amide bonds. The van der Waals surface area contributed by atoms with Crippen molar-refractivity contribution in [2.45, 2.75) is 106 Å². The van der Waals surface area contributed by atoms with Gasteiger partial charge in [-0.25, -0.2) is 17.9 Å². The SMILES string of the molecule is CCCP(=O)(O)OP(=O)(O)CCC.CN1CCN(c2ccc(-c3cc(CN4CCOCC4)ccc3F)cc2N)CC1COC(=O)C(C)(C)C.CN1CCN(c2ccc(-c3cc(CN4CCOCC4)ccc3F)cc2NC(=O)c2c[nH]c(=O)cc2C(F)(F)F)CC1COC(=O)C(C)(C)C.O=C(O)c1c[nH]c(=O)cc1C(F)(F)F. The Morgan fingerprint density at radius 3 is 1.38 bits per heavy atom. The topological polar surface area (TPSA) is 332 Å². The molecule has 4 aliphatic rings. The summed E-state index contributed by atoms with van der Waals surface area (Å²) in [6, 6.07) is 21.2. The number of nitrogens with one attached hydrogen (secondary N) is 3. The number of anilines is 4. The first-order chi connectivity index (χ1) is 52.4. The third-order valence-corrected chi connectivity index (χ3v) is 22.5. The molecule has 8 N–H and O–H groups in total. The molecular formula is C76H100F8N10O16P2. The quantitative estimate of drug-likeness (QED) is 0.0152. The lowest BCUT2D eigenvalue weighted by atomic mass is 9.97. The van der Waals surface area contributed by atoms with Gasteiger partial charge in [-0.1, -0.05) is 38.1 Å². The lowest BCUT2D eigenvalue weighted by Gasteiger charge is -2.41. The summed E-state index contributed by atoms with van der Waals surface area (Å²) in [5.41, 5.74) is 4.80. The standard InChI is InChI=1S/C35H41F4N5O5.C28H39FN4O3.C7H4F3NO3.C6H16O5P2/c1-34(2,3)33(47)49-21-24-20-44(10-9-42(24)4)30-8-6-23(25-15-22(5-7-28(25)36)19-43-11-13-48-14-12-43)16-29(30)41-32(46)26-18-40-31(45)17-27(26)35(37,38)39;1-28(2,3)27(34)36-19-22-18-33(10-9-31(22)4)26-8-6-21(16-25(26)30)23-15-20(5-7-24(23)29)17-32-11-13-35-14-12-32;8-7(9,10)4-1-5(12)11-2-3(4)6(13)14;1-3-5-12(7,8)11-13(9,10)6-4-2/h5-8,15-18,24H,9-14,19-21H2,1-4H3,(H,40,45)(H,41,46);5-8,15-16,22H,9-14,17-19,30H2,1-4H3;1-2H,(H,11,12)(H,13,14);3-6H2,1-2H3,(H,7,8)(H,9,10). The van der Waals surface area contributed by atoms with Crippen LogP contribution in [0.3, 0.4) is 0 Å². The third kappa shape index (κ3) is 26.9. The second kappa shape index (κ2) is 39.6. The van der Waals surface area contributed by atoms with Gasteiger partial charge in [-0.2, -0.15) is 26.3 Å². The molecule has 4 saturated heterocycles. The summed E-state index contributed by atoms with van der Waals surface area (Å²) >= 11 is 0. The Morgan fingerprint density at radius 2 is 0.973 bits per heavy atom. The van der Waals surface area contributed by atoms with Crippen LogP contribution >= 0.6 is 15.2 Å². The predicted molar refractivity (Wildman–Crippen MR) is 408 cm³/mol. The molecule has 6 aromatic rings. The minimum atomic E-state index is -4.97. The number of esters is 2. The van der Waals surface area contributed by atoms with Gasteiger partial charge in [-0.05, 0) is 139 Å². The van der Waals surface area contributed by atoms with E-state index in [1.165, 1.54) is 12.1 Å². The van der Waals surface area contributed by atoms with Crippen molar-refractivity contribution >= 4 is 61.8 Å². The number of hydrogen-bond donors (Lipinski definition) is 7. The van der Waals surface area contributed by atoms with E-state index in [-0.39, 0.29) is 66.1 Å². The Hall–Kier alpha value is -8.40. The van der Waals surface area contributed by atoms with Gasteiger partial charge in [0.1, 0.15) is 24.8 Å². The highest BCUT2D eigenvalue weighted by molar-refractivity contribution is 7.66. The molecule has 4 unspecified atom stereocenters. The highest BCUT2D eigenvalue weighted by Crippen LogP contribution is 2.59. The molecule has 0 radical (unpaired) electrons. The van der Waals surface area contributed by atoms with Gasteiger partial charge in [0.05, 0.1) is 107 Å². The number of rotatable bonds is 21. The number of ether oxygens (including phenoxy) is 4. The number of morpholine rings is 2. The molecule has 36 heteroatoms. The van der Waals surface area contributed by atoms with E-state index in [2.05, 4.69) is 34.2 Å². The number of alkyl halides is 6. The number of likely N-dealkylation sites (N-methyl/N-ethyl adjacent to an activating group) is 2. The normalized spacial score (nSPS) is 18.1. The number of nitrogen functional groups attached to an aromatic ring is 1. The van der Waals surface area contributed by atoms with Gasteiger partial charge in [-0.3, -0.25) is 52.7 Å². The van der Waals surface area contributed by atoms with E-state index < -0.39 is 89.4 Å². The molecule has 4 aromatic carbocycles. The average molecular weight is 1620 g/mol. The van der Waals surface area contributed by atoms with Crippen molar-refractivity contribution in [3.05, 3.63) is 163 Å². The molecule has 10 rings (SSSR count). The van der Waals surface area contributed by atoms with Crippen molar-refractivity contribution in [1.82, 2.24) is 29.6 Å². The Labute approximate surface area is 644 Å². The first-order valence-electron chi connectivity index (χ1n) is 36.3. The van der Waals surface area contributed by atoms with Crippen LogP contribution < -0.4 is 32.0 Å². The molecule has 4 aliphatic heterocycles. The van der Waals surface area contributed by atoms with Crippen molar-refractivity contribution in [3.63, 3.8) is 0 Å². The van der Waals surface area contributed by atoms with Gasteiger partial charge in [0.15, 0.2) is 0 Å². The first kappa shape index (κ1) is 90.8. The van der Waals surface area contributed by atoms with Crippen LogP contribution in [0.4, 0.5) is 57.9 Å². The molecule has 4 fully saturated rings. The molecule has 6 heterocycles. The highest BCUT2D eigenvalue weighted by atomic mass is 31.3. The Morgan fingerprint density at radius 1 is 0.571 bits per heavy atom. The van der Waals surface area contributed by atoms with Gasteiger partial charge >= 0.3 is 45.5 Å². The summed E-state index contributed by atoms with van der Waals surface area (Å²) in [7, 11) is -3.76. The number of nitrogens with two attached hydrogens (primary N) is 1. The second-order valence-corrected chi connectivity index (χ2v) is 33.7. The lowest BCUT2D eigenvalue weighted by Crippen LogP contribution is -2.54. The van der Waals surface area contributed by atoms with Gasteiger partial charge in [-0.15, -0.1) is 0 Å². The van der Waals surface area contributed by atoms with Crippen LogP contribution in [0.2, 0.25) is 0 Å². The first-order valence-corrected chi connectivity index (χ1v) is 39.8. The van der Waals surface area contributed by atoms with Crippen molar-refractivity contribution in [3.8, 4) is 22.3 Å². The van der Waals surface area contributed by atoms with Gasteiger partial charge < -0.3 is 64.7 Å². The molecule has 0 spiro atoms. The summed E-state index contributed by atoms with van der Waals surface area (Å²) in [6.07, 6.45) is -7.84. The number of hydrogen-bond acceptors (Lipinski definition) is 20. The van der Waals surface area contributed by atoms with E-state index in [4.69, 9.17) is 39.6 Å². The number of aromatic carboxylic acids is 1. The van der Waals surface area contributed by atoms with Crippen molar-refractivity contribution < 1.29 is 102 Å². The number of carbonyl (C=O) groups is 4. The van der Waals surface area contributed by atoms with Gasteiger partial charge in [0.2, 0.25) is 11.1 Å². The highest BCUT2D eigenvalue weighted by Gasteiger charge is 2.39. The number of aromatic nitrogens is 2. The largest absolute Gasteiger partial charge is 0.478 e. The number of aromatic amines is 2. The maximum Gasteiger partial charge on any atom is 0.417 e. The van der Waals surface area contributed by atoms with E-state index in [0.717, 1.165) is 87.6 Å². The van der Waals surface area contributed by atoms with Gasteiger partial charge in [0.25, 0.3) is 5.91 Å². The summed E-state index contributed by atoms with van der Waals surface area (Å²) in [6.45, 7) is 25.7. The molecule has 4 atom stereocenters.